The Morgan fingerprint density at radius 2 is 2.06 bits per heavy atom. The first-order chi connectivity index (χ1) is 8.62. The van der Waals surface area contributed by atoms with E-state index in [0.717, 1.165) is 24.1 Å². The van der Waals surface area contributed by atoms with Gasteiger partial charge in [-0.15, -0.1) is 0 Å². The first kappa shape index (κ1) is 13.3. The van der Waals surface area contributed by atoms with Gasteiger partial charge in [0.1, 0.15) is 0 Å². The molecule has 5 heteroatoms. The average Bonchev–Trinajstić information content (AvgIpc) is 2.83. The van der Waals surface area contributed by atoms with Gasteiger partial charge in [0.05, 0.1) is 6.04 Å². The standard InChI is InChI=1S/C13H23N5/c1-18(2)13(6-3-4-7-13)12(17-15)10-9-16-8-5-11(10)14/h5,8-9,12,17H,3-4,6-7,15H2,1-2H3,(H2,14,16). The lowest BCUT2D eigenvalue weighted by Gasteiger charge is -2.43. The number of nitrogens with one attached hydrogen (secondary N) is 1. The average molecular weight is 249 g/mol. The van der Waals surface area contributed by atoms with Crippen molar-refractivity contribution in [3.05, 3.63) is 24.0 Å². The van der Waals surface area contributed by atoms with Gasteiger partial charge >= 0.3 is 0 Å². The summed E-state index contributed by atoms with van der Waals surface area (Å²) < 4.78 is 0. The van der Waals surface area contributed by atoms with Crippen molar-refractivity contribution in [1.82, 2.24) is 15.3 Å². The Bertz CT molecular complexity index is 398. The third-order valence-corrected chi connectivity index (χ3v) is 4.26. The minimum Gasteiger partial charge on any atom is -0.398 e. The van der Waals surface area contributed by atoms with Gasteiger partial charge < -0.3 is 10.6 Å². The van der Waals surface area contributed by atoms with Crippen molar-refractivity contribution >= 4 is 5.69 Å². The summed E-state index contributed by atoms with van der Waals surface area (Å²) in [6.07, 6.45) is 8.26. The van der Waals surface area contributed by atoms with Gasteiger partial charge in [0.15, 0.2) is 0 Å². The van der Waals surface area contributed by atoms with Gasteiger partial charge in [0, 0.05) is 29.2 Å². The molecule has 0 aliphatic heterocycles. The zero-order chi connectivity index (χ0) is 13.2. The van der Waals surface area contributed by atoms with Crippen LogP contribution in [0.1, 0.15) is 37.3 Å². The molecule has 100 valence electrons. The van der Waals surface area contributed by atoms with E-state index in [1.165, 1.54) is 12.8 Å². The molecule has 1 heterocycles. The highest BCUT2D eigenvalue weighted by Gasteiger charge is 2.44. The summed E-state index contributed by atoms with van der Waals surface area (Å²) in [6, 6.07) is 1.85. The molecule has 0 radical (unpaired) electrons. The summed E-state index contributed by atoms with van der Waals surface area (Å²) in [5, 5.41) is 0. The monoisotopic (exact) mass is 249 g/mol. The lowest BCUT2D eigenvalue weighted by Crippen LogP contribution is -2.53. The summed E-state index contributed by atoms with van der Waals surface area (Å²) in [4.78, 5) is 6.46. The van der Waals surface area contributed by atoms with Crippen molar-refractivity contribution in [3.8, 4) is 0 Å². The van der Waals surface area contributed by atoms with E-state index in [4.69, 9.17) is 11.6 Å². The van der Waals surface area contributed by atoms with Gasteiger partial charge in [0.2, 0.25) is 0 Å². The third-order valence-electron chi connectivity index (χ3n) is 4.26. The van der Waals surface area contributed by atoms with Crippen LogP contribution < -0.4 is 17.0 Å². The fourth-order valence-electron chi connectivity index (χ4n) is 3.17. The van der Waals surface area contributed by atoms with Crippen LogP contribution in [-0.4, -0.2) is 29.5 Å². The topological polar surface area (TPSA) is 80.2 Å². The maximum absolute atomic E-state index is 6.07. The van der Waals surface area contributed by atoms with Gasteiger partial charge in [-0.05, 0) is 33.0 Å². The zero-order valence-corrected chi connectivity index (χ0v) is 11.2. The van der Waals surface area contributed by atoms with Crippen LogP contribution in [-0.2, 0) is 0 Å². The number of likely N-dealkylation sites (N-methyl/N-ethyl adjacent to an activating group) is 1. The van der Waals surface area contributed by atoms with Crippen molar-refractivity contribution in [2.24, 2.45) is 5.84 Å². The van der Waals surface area contributed by atoms with Crippen molar-refractivity contribution in [2.45, 2.75) is 37.3 Å². The molecule has 0 saturated heterocycles. The highest BCUT2D eigenvalue weighted by molar-refractivity contribution is 5.47. The molecule has 5 nitrogen and oxygen atoms in total. The van der Waals surface area contributed by atoms with Gasteiger partial charge in [-0.1, -0.05) is 12.8 Å². The molecule has 1 aromatic rings. The normalized spacial score (nSPS) is 20.2. The molecular weight excluding hydrogens is 226 g/mol. The summed E-state index contributed by atoms with van der Waals surface area (Å²) in [7, 11) is 4.23. The van der Waals surface area contributed by atoms with Gasteiger partial charge in [0.25, 0.3) is 0 Å². The Labute approximate surface area is 109 Å². The largest absolute Gasteiger partial charge is 0.398 e. The Hall–Kier alpha value is -1.17. The Kier molecular flexibility index (Phi) is 3.85. The summed E-state index contributed by atoms with van der Waals surface area (Å²) >= 11 is 0. The number of nitrogen functional groups attached to an aromatic ring is 1. The van der Waals surface area contributed by atoms with Crippen molar-refractivity contribution < 1.29 is 0 Å². The van der Waals surface area contributed by atoms with Gasteiger partial charge in [-0.3, -0.25) is 16.3 Å². The maximum atomic E-state index is 6.07. The maximum Gasteiger partial charge on any atom is 0.0679 e. The molecule has 1 aliphatic rings. The SMILES string of the molecule is CN(C)C1(C(NN)c2cnccc2N)CCCC1. The molecule has 0 bridgehead atoms. The molecule has 1 unspecified atom stereocenters. The third kappa shape index (κ3) is 2.09. The molecule has 1 atom stereocenters. The second-order valence-corrected chi connectivity index (χ2v) is 5.31. The fourth-order valence-corrected chi connectivity index (χ4v) is 3.17. The van der Waals surface area contributed by atoms with E-state index in [0.29, 0.717) is 0 Å². The van der Waals surface area contributed by atoms with E-state index in [9.17, 15) is 0 Å². The summed E-state index contributed by atoms with van der Waals surface area (Å²) in [5.41, 5.74) is 10.8. The second kappa shape index (κ2) is 5.22. The molecule has 18 heavy (non-hydrogen) atoms. The highest BCUT2D eigenvalue weighted by Crippen LogP contribution is 2.43. The number of hydrogen-bond acceptors (Lipinski definition) is 5. The van der Waals surface area contributed by atoms with E-state index in [1.807, 2.05) is 12.3 Å². The number of hydrazine groups is 1. The highest BCUT2D eigenvalue weighted by atomic mass is 15.3. The molecule has 1 saturated carbocycles. The zero-order valence-electron chi connectivity index (χ0n) is 11.2. The number of hydrogen-bond donors (Lipinski definition) is 3. The number of pyridine rings is 1. The summed E-state index contributed by atoms with van der Waals surface area (Å²) in [5.74, 6) is 5.82. The number of rotatable bonds is 4. The van der Waals surface area contributed by atoms with Crippen LogP contribution in [0.15, 0.2) is 18.5 Å². The number of nitrogens with zero attached hydrogens (tertiary/aromatic N) is 2. The first-order valence-corrected chi connectivity index (χ1v) is 6.45. The molecule has 0 amide bonds. The summed E-state index contributed by atoms with van der Waals surface area (Å²) in [6.45, 7) is 0. The molecule has 0 aromatic carbocycles. The van der Waals surface area contributed by atoms with Gasteiger partial charge in [-0.25, -0.2) is 0 Å². The van der Waals surface area contributed by atoms with E-state index in [2.05, 4.69) is 29.4 Å². The molecular formula is C13H23N5. The minimum absolute atomic E-state index is 0.0173. The second-order valence-electron chi connectivity index (χ2n) is 5.31. The smallest absolute Gasteiger partial charge is 0.0679 e. The van der Waals surface area contributed by atoms with Crippen LogP contribution in [0.2, 0.25) is 0 Å². The molecule has 1 aromatic heterocycles. The predicted molar refractivity (Wildman–Crippen MR) is 73.6 cm³/mol. The molecule has 2 rings (SSSR count). The lowest BCUT2D eigenvalue weighted by atomic mass is 9.83. The quantitative estimate of drug-likeness (QED) is 0.549. The van der Waals surface area contributed by atoms with Crippen LogP contribution in [0, 0.1) is 0 Å². The van der Waals surface area contributed by atoms with Crippen molar-refractivity contribution in [2.75, 3.05) is 19.8 Å². The predicted octanol–water partition coefficient (Wildman–Crippen LogP) is 1.04. The fraction of sp³-hybridized carbons (Fsp3) is 0.615. The van der Waals surface area contributed by atoms with Crippen LogP contribution in [0.4, 0.5) is 5.69 Å². The van der Waals surface area contributed by atoms with Gasteiger partial charge in [-0.2, -0.15) is 0 Å². The molecule has 1 fully saturated rings. The van der Waals surface area contributed by atoms with Crippen LogP contribution in [0.5, 0.6) is 0 Å². The Morgan fingerprint density at radius 1 is 1.39 bits per heavy atom. The van der Waals surface area contributed by atoms with E-state index < -0.39 is 0 Å². The molecule has 1 aliphatic carbocycles. The minimum atomic E-state index is 0.0173. The van der Waals surface area contributed by atoms with Crippen LogP contribution in [0.25, 0.3) is 0 Å². The van der Waals surface area contributed by atoms with Crippen LogP contribution >= 0.6 is 0 Å². The lowest BCUT2D eigenvalue weighted by molar-refractivity contribution is 0.105. The number of nitrogens with two attached hydrogens (primary N) is 2. The van der Waals surface area contributed by atoms with Crippen LogP contribution in [0.3, 0.4) is 0 Å². The molecule has 5 N–H and O–H groups in total. The Balaban J connectivity index is 2.41. The first-order valence-electron chi connectivity index (χ1n) is 6.45. The van der Waals surface area contributed by atoms with Crippen molar-refractivity contribution in [1.29, 1.82) is 0 Å². The van der Waals surface area contributed by atoms with E-state index >= 15 is 0 Å². The molecule has 0 spiro atoms. The van der Waals surface area contributed by atoms with E-state index in [1.54, 1.807) is 6.20 Å². The number of aromatic nitrogens is 1. The number of anilines is 1. The van der Waals surface area contributed by atoms with E-state index in [-0.39, 0.29) is 11.6 Å². The Morgan fingerprint density at radius 3 is 2.56 bits per heavy atom. The van der Waals surface area contributed by atoms with Crippen molar-refractivity contribution in [3.63, 3.8) is 0 Å².